The molecule has 0 bridgehead atoms. The third kappa shape index (κ3) is 4.90. The number of benzene rings is 2. The van der Waals surface area contributed by atoms with Crippen molar-refractivity contribution < 1.29 is 19.4 Å². The Labute approximate surface area is 205 Å². The number of hydrogen-bond acceptors (Lipinski definition) is 5. The Balaban J connectivity index is 1.93. The predicted molar refractivity (Wildman–Crippen MR) is 141 cm³/mol. The van der Waals surface area contributed by atoms with Crippen LogP contribution in [0.3, 0.4) is 0 Å². The van der Waals surface area contributed by atoms with Crippen LogP contribution < -0.4 is 10.2 Å². The highest BCUT2D eigenvalue weighted by molar-refractivity contribution is 5.90. The van der Waals surface area contributed by atoms with Gasteiger partial charge in [-0.05, 0) is 83.7 Å². The molecule has 2 heterocycles. The zero-order chi connectivity index (χ0) is 25.5. The van der Waals surface area contributed by atoms with E-state index in [1.807, 2.05) is 71.9 Å². The molecular formula is C30H32O5. The molecule has 182 valence electrons. The molecule has 1 aromatic heterocycles. The Hall–Kier alpha value is -3.73. The summed E-state index contributed by atoms with van der Waals surface area (Å²) < 4.78 is 12.0. The van der Waals surface area contributed by atoms with Gasteiger partial charge in [0.25, 0.3) is 0 Å². The lowest BCUT2D eigenvalue weighted by molar-refractivity contribution is 0.157. The molecule has 0 radical (unpaired) electrons. The van der Waals surface area contributed by atoms with Crippen LogP contribution in [0.4, 0.5) is 0 Å². The first-order valence-electron chi connectivity index (χ1n) is 11.8. The predicted octanol–water partition coefficient (Wildman–Crippen LogP) is 7.07. The Morgan fingerprint density at radius 3 is 2.37 bits per heavy atom. The lowest BCUT2D eigenvalue weighted by atomic mass is 9.93. The molecule has 2 aromatic carbocycles. The molecule has 0 saturated carbocycles. The van der Waals surface area contributed by atoms with Crippen LogP contribution >= 0.6 is 0 Å². The smallest absolute Gasteiger partial charge is 0.204 e. The SMILES string of the molecule is CC(C)=CCc1cc(-c2coc3cc(O)c(CC=C(C)C)c(O)c3c2=O)cc2c1OC(C)(C)C=C2. The molecule has 3 aromatic rings. The summed E-state index contributed by atoms with van der Waals surface area (Å²) in [6.07, 6.45) is 10.4. The molecule has 0 saturated heterocycles. The maximum atomic E-state index is 13.6. The quantitative estimate of drug-likeness (QED) is 0.388. The number of allylic oxidation sites excluding steroid dienone is 4. The van der Waals surface area contributed by atoms with Gasteiger partial charge in [-0.1, -0.05) is 29.4 Å². The first-order chi connectivity index (χ1) is 16.5. The molecule has 0 spiro atoms. The number of ether oxygens (including phenoxy) is 1. The van der Waals surface area contributed by atoms with E-state index in [0.29, 0.717) is 29.5 Å². The zero-order valence-corrected chi connectivity index (χ0v) is 21.2. The summed E-state index contributed by atoms with van der Waals surface area (Å²) in [6, 6.07) is 5.25. The summed E-state index contributed by atoms with van der Waals surface area (Å²) >= 11 is 0. The maximum absolute atomic E-state index is 13.6. The van der Waals surface area contributed by atoms with Gasteiger partial charge in [-0.2, -0.15) is 0 Å². The van der Waals surface area contributed by atoms with Gasteiger partial charge in [0.1, 0.15) is 40.1 Å². The van der Waals surface area contributed by atoms with Crippen molar-refractivity contribution in [2.45, 2.75) is 60.0 Å². The van der Waals surface area contributed by atoms with Gasteiger partial charge < -0.3 is 19.4 Å². The van der Waals surface area contributed by atoms with Gasteiger partial charge in [-0.3, -0.25) is 4.79 Å². The van der Waals surface area contributed by atoms with Crippen LogP contribution in [0.15, 0.2) is 63.0 Å². The van der Waals surface area contributed by atoms with Crippen molar-refractivity contribution in [1.29, 1.82) is 0 Å². The number of aromatic hydroxyl groups is 2. The molecule has 0 atom stereocenters. The van der Waals surface area contributed by atoms with E-state index in [0.717, 1.165) is 22.4 Å². The molecule has 1 aliphatic heterocycles. The van der Waals surface area contributed by atoms with E-state index in [1.165, 1.54) is 17.9 Å². The second-order valence-corrected chi connectivity index (χ2v) is 10.1. The molecule has 0 amide bonds. The molecule has 1 aliphatic rings. The Bertz CT molecular complexity index is 1460. The molecule has 35 heavy (non-hydrogen) atoms. The number of hydrogen-bond donors (Lipinski definition) is 2. The van der Waals surface area contributed by atoms with Crippen LogP contribution in [0.2, 0.25) is 0 Å². The minimum atomic E-state index is -0.425. The fourth-order valence-electron chi connectivity index (χ4n) is 4.17. The maximum Gasteiger partial charge on any atom is 0.204 e. The highest BCUT2D eigenvalue weighted by Crippen LogP contribution is 2.39. The first-order valence-corrected chi connectivity index (χ1v) is 11.8. The van der Waals surface area contributed by atoms with E-state index in [2.05, 4.69) is 6.08 Å². The van der Waals surface area contributed by atoms with Crippen LogP contribution in [0.5, 0.6) is 17.2 Å². The monoisotopic (exact) mass is 472 g/mol. The van der Waals surface area contributed by atoms with Gasteiger partial charge in [0.2, 0.25) is 5.43 Å². The minimum Gasteiger partial charge on any atom is -0.507 e. The standard InChI is InChI=1S/C30H32O5/c1-17(2)7-9-19-13-21(14-20-11-12-30(5,6)35-29(19)20)23-16-34-25-15-24(31)22(10-8-18(3)4)27(32)26(25)28(23)33/h7-8,11-16,31-32H,9-10H2,1-6H3. The topological polar surface area (TPSA) is 79.9 Å². The van der Waals surface area contributed by atoms with E-state index in [-0.39, 0.29) is 27.9 Å². The van der Waals surface area contributed by atoms with E-state index in [4.69, 9.17) is 9.15 Å². The van der Waals surface area contributed by atoms with Gasteiger partial charge in [-0.15, -0.1) is 0 Å². The van der Waals surface area contributed by atoms with Crippen LogP contribution in [0.25, 0.3) is 28.2 Å². The van der Waals surface area contributed by atoms with Crippen LogP contribution in [0, 0.1) is 0 Å². The highest BCUT2D eigenvalue weighted by Gasteiger charge is 2.25. The molecule has 5 nitrogen and oxygen atoms in total. The van der Waals surface area contributed by atoms with E-state index < -0.39 is 5.60 Å². The van der Waals surface area contributed by atoms with Gasteiger partial charge in [0.15, 0.2) is 0 Å². The minimum absolute atomic E-state index is 0.0638. The zero-order valence-electron chi connectivity index (χ0n) is 21.2. The second kappa shape index (κ2) is 9.14. The number of phenolic OH excluding ortho intramolecular Hbond substituents is 2. The fourth-order valence-corrected chi connectivity index (χ4v) is 4.17. The molecule has 0 aliphatic carbocycles. The van der Waals surface area contributed by atoms with Crippen molar-refractivity contribution in [1.82, 2.24) is 0 Å². The third-order valence-electron chi connectivity index (χ3n) is 6.10. The third-order valence-corrected chi connectivity index (χ3v) is 6.10. The number of phenols is 2. The summed E-state index contributed by atoms with van der Waals surface area (Å²) in [7, 11) is 0. The second-order valence-electron chi connectivity index (χ2n) is 10.1. The molecule has 0 fully saturated rings. The van der Waals surface area contributed by atoms with E-state index in [1.54, 1.807) is 0 Å². The first kappa shape index (κ1) is 24.4. The molecule has 5 heteroatoms. The lowest BCUT2D eigenvalue weighted by Gasteiger charge is -2.30. The highest BCUT2D eigenvalue weighted by atomic mass is 16.5. The van der Waals surface area contributed by atoms with Crippen molar-refractivity contribution in [2.75, 3.05) is 0 Å². The largest absolute Gasteiger partial charge is 0.507 e. The summed E-state index contributed by atoms with van der Waals surface area (Å²) in [5.41, 5.74) is 4.78. The number of fused-ring (bicyclic) bond motifs is 2. The van der Waals surface area contributed by atoms with Gasteiger partial charge >= 0.3 is 0 Å². The van der Waals surface area contributed by atoms with E-state index >= 15 is 0 Å². The molecule has 4 rings (SSSR count). The van der Waals surface area contributed by atoms with Crippen molar-refractivity contribution in [3.8, 4) is 28.4 Å². The summed E-state index contributed by atoms with van der Waals surface area (Å²) in [5, 5.41) is 21.4. The van der Waals surface area contributed by atoms with E-state index in [9.17, 15) is 15.0 Å². The normalized spacial score (nSPS) is 13.8. The molecule has 0 unspecified atom stereocenters. The van der Waals surface area contributed by atoms with Crippen LogP contribution in [-0.2, 0) is 12.8 Å². The summed E-state index contributed by atoms with van der Waals surface area (Å²) in [5.74, 6) is 0.451. The van der Waals surface area contributed by atoms with Gasteiger partial charge in [-0.25, -0.2) is 0 Å². The fraction of sp³-hybridized carbons (Fsp3) is 0.300. The van der Waals surface area contributed by atoms with Crippen molar-refractivity contribution in [3.05, 3.63) is 80.8 Å². The van der Waals surface area contributed by atoms with Crippen LogP contribution in [0.1, 0.15) is 58.2 Å². The summed E-state index contributed by atoms with van der Waals surface area (Å²) in [6.45, 7) is 12.0. The Morgan fingerprint density at radius 1 is 1.00 bits per heavy atom. The average Bonchev–Trinajstić information content (AvgIpc) is 2.76. The average molecular weight is 473 g/mol. The Kier molecular flexibility index (Phi) is 6.37. The summed E-state index contributed by atoms with van der Waals surface area (Å²) in [4.78, 5) is 13.6. The van der Waals surface area contributed by atoms with Crippen molar-refractivity contribution in [2.24, 2.45) is 0 Å². The number of rotatable bonds is 5. The van der Waals surface area contributed by atoms with Crippen molar-refractivity contribution >= 4 is 17.0 Å². The van der Waals surface area contributed by atoms with Gasteiger partial charge in [0, 0.05) is 17.2 Å². The van der Waals surface area contributed by atoms with Crippen molar-refractivity contribution in [3.63, 3.8) is 0 Å². The molecule has 2 N–H and O–H groups in total. The molecular weight excluding hydrogens is 440 g/mol. The van der Waals surface area contributed by atoms with Crippen LogP contribution in [-0.4, -0.2) is 15.8 Å². The lowest BCUT2D eigenvalue weighted by Crippen LogP contribution is -2.28. The Morgan fingerprint density at radius 2 is 1.69 bits per heavy atom. The van der Waals surface area contributed by atoms with Gasteiger partial charge in [0.05, 0.1) is 5.56 Å².